The number of carbonyl (C=O) groups is 1. The molecule has 4 aromatic rings. The second kappa shape index (κ2) is 9.44. The quantitative estimate of drug-likeness (QED) is 0.437. The number of anilines is 2. The van der Waals surface area contributed by atoms with Crippen molar-refractivity contribution in [2.24, 2.45) is 5.92 Å². The monoisotopic (exact) mass is 443 g/mol. The van der Waals surface area contributed by atoms with Crippen LogP contribution in [0.2, 0.25) is 0 Å². The van der Waals surface area contributed by atoms with E-state index in [1.54, 1.807) is 23.7 Å². The maximum Gasteiger partial charge on any atom is 0.233 e. The Balaban J connectivity index is 1.40. The van der Waals surface area contributed by atoms with Crippen molar-refractivity contribution in [1.29, 1.82) is 0 Å². The lowest BCUT2D eigenvalue weighted by atomic mass is 9.96. The van der Waals surface area contributed by atoms with Gasteiger partial charge in [0.2, 0.25) is 11.9 Å². The molecule has 1 aliphatic heterocycles. The fourth-order valence-corrected chi connectivity index (χ4v) is 5.19. The number of piperidine rings is 1. The molecule has 162 valence electrons. The first kappa shape index (κ1) is 20.6. The van der Waals surface area contributed by atoms with Crippen LogP contribution in [0.3, 0.4) is 0 Å². The zero-order valence-electron chi connectivity index (χ0n) is 17.8. The number of thiazole rings is 1. The molecule has 5 rings (SSSR count). The summed E-state index contributed by atoms with van der Waals surface area (Å²) in [5.74, 6) is 0.733. The Morgan fingerprint density at radius 1 is 1.03 bits per heavy atom. The van der Waals surface area contributed by atoms with Crippen molar-refractivity contribution in [3.05, 3.63) is 78.6 Å². The number of benzene rings is 2. The van der Waals surface area contributed by atoms with Crippen LogP contribution >= 0.6 is 11.3 Å². The van der Waals surface area contributed by atoms with Crippen LogP contribution in [0, 0.1) is 5.92 Å². The number of carbonyl (C=O) groups excluding carboxylic acids is 1. The molecular weight excluding hydrogens is 418 g/mol. The van der Waals surface area contributed by atoms with Gasteiger partial charge in [-0.2, -0.15) is 0 Å². The summed E-state index contributed by atoms with van der Waals surface area (Å²) in [4.78, 5) is 31.4. The largest absolute Gasteiger partial charge is 0.340 e. The lowest BCUT2D eigenvalue weighted by Gasteiger charge is -2.34. The van der Waals surface area contributed by atoms with Crippen LogP contribution in [0.4, 0.5) is 11.1 Å². The molecule has 0 bridgehead atoms. The van der Waals surface area contributed by atoms with Crippen LogP contribution < -0.4 is 9.80 Å². The Hall–Kier alpha value is -3.32. The minimum absolute atomic E-state index is 0.102. The molecule has 1 amide bonds. The minimum Gasteiger partial charge on any atom is -0.340 e. The van der Waals surface area contributed by atoms with Crippen LogP contribution in [0.25, 0.3) is 10.2 Å². The van der Waals surface area contributed by atoms with E-state index in [1.807, 2.05) is 47.4 Å². The van der Waals surface area contributed by atoms with E-state index in [2.05, 4.69) is 33.1 Å². The molecule has 1 fully saturated rings. The topological polar surface area (TPSA) is 62.2 Å². The zero-order valence-corrected chi connectivity index (χ0v) is 18.6. The van der Waals surface area contributed by atoms with E-state index in [0.717, 1.165) is 41.2 Å². The molecule has 1 aliphatic rings. The molecule has 7 heteroatoms. The van der Waals surface area contributed by atoms with Crippen molar-refractivity contribution >= 4 is 38.5 Å². The normalized spacial score (nSPS) is 16.2. The van der Waals surface area contributed by atoms with E-state index < -0.39 is 0 Å². The van der Waals surface area contributed by atoms with E-state index in [4.69, 9.17) is 4.98 Å². The third-order valence-electron chi connectivity index (χ3n) is 5.85. The number of aromatic nitrogens is 3. The molecule has 1 atom stereocenters. The smallest absolute Gasteiger partial charge is 0.233 e. The summed E-state index contributed by atoms with van der Waals surface area (Å²) < 4.78 is 1.10. The van der Waals surface area contributed by atoms with Gasteiger partial charge in [-0.15, -0.1) is 0 Å². The summed E-state index contributed by atoms with van der Waals surface area (Å²) in [6.07, 6.45) is 6.11. The second-order valence-electron chi connectivity index (χ2n) is 8.02. The van der Waals surface area contributed by atoms with E-state index >= 15 is 0 Å². The summed E-state index contributed by atoms with van der Waals surface area (Å²) in [5, 5.41) is 0.778. The number of rotatable bonds is 6. The summed E-state index contributed by atoms with van der Waals surface area (Å²) >= 11 is 1.59. The van der Waals surface area contributed by atoms with Crippen LogP contribution in [0.1, 0.15) is 18.4 Å². The van der Waals surface area contributed by atoms with Gasteiger partial charge >= 0.3 is 0 Å². The molecule has 0 aliphatic carbocycles. The molecule has 1 unspecified atom stereocenters. The molecule has 1 saturated heterocycles. The maximum absolute atomic E-state index is 13.8. The van der Waals surface area contributed by atoms with Crippen molar-refractivity contribution in [2.75, 3.05) is 29.4 Å². The maximum atomic E-state index is 13.8. The summed E-state index contributed by atoms with van der Waals surface area (Å²) in [6, 6.07) is 20.2. The fourth-order valence-electron chi connectivity index (χ4n) is 4.20. The average Bonchev–Trinajstić information content (AvgIpc) is 3.29. The Bertz CT molecular complexity index is 1150. The lowest BCUT2D eigenvalue weighted by Crippen LogP contribution is -2.46. The van der Waals surface area contributed by atoms with Crippen LogP contribution in [-0.4, -0.2) is 40.5 Å². The summed E-state index contributed by atoms with van der Waals surface area (Å²) in [7, 11) is 0. The van der Waals surface area contributed by atoms with E-state index in [0.29, 0.717) is 19.0 Å². The predicted octanol–water partition coefficient (Wildman–Crippen LogP) is 4.58. The van der Waals surface area contributed by atoms with E-state index in [1.165, 1.54) is 5.56 Å². The van der Waals surface area contributed by atoms with Crippen molar-refractivity contribution in [3.8, 4) is 0 Å². The first-order chi connectivity index (χ1) is 15.8. The van der Waals surface area contributed by atoms with Crippen LogP contribution in [-0.2, 0) is 11.2 Å². The van der Waals surface area contributed by atoms with Crippen LogP contribution in [0.15, 0.2) is 73.1 Å². The molecule has 6 nitrogen and oxygen atoms in total. The molecule has 32 heavy (non-hydrogen) atoms. The van der Waals surface area contributed by atoms with Gasteiger partial charge in [0.15, 0.2) is 5.13 Å². The fraction of sp³-hybridized carbons (Fsp3) is 0.280. The minimum atomic E-state index is -0.102. The molecule has 0 N–H and O–H groups in total. The van der Waals surface area contributed by atoms with Gasteiger partial charge in [-0.25, -0.2) is 15.0 Å². The SMILES string of the molecule is O=C(C1CCCN(c2ncccn2)C1)N(CCc1ccccc1)c1nc2ccccc2s1. The van der Waals surface area contributed by atoms with Gasteiger partial charge in [-0.1, -0.05) is 53.8 Å². The predicted molar refractivity (Wildman–Crippen MR) is 129 cm³/mol. The highest BCUT2D eigenvalue weighted by molar-refractivity contribution is 7.22. The van der Waals surface area contributed by atoms with Gasteiger partial charge in [-0.05, 0) is 43.0 Å². The molecule has 2 aromatic heterocycles. The van der Waals surface area contributed by atoms with Crippen molar-refractivity contribution in [2.45, 2.75) is 19.3 Å². The highest BCUT2D eigenvalue weighted by Gasteiger charge is 2.32. The molecule has 3 heterocycles. The second-order valence-corrected chi connectivity index (χ2v) is 9.03. The Kier molecular flexibility index (Phi) is 6.07. The average molecular weight is 444 g/mol. The van der Waals surface area contributed by atoms with Crippen molar-refractivity contribution in [1.82, 2.24) is 15.0 Å². The highest BCUT2D eigenvalue weighted by Crippen LogP contribution is 2.31. The Labute approximate surface area is 191 Å². The standard InChI is InChI=1S/C25H25N5OS/c31-23(20-10-6-16-29(18-20)24-26-14-7-15-27-24)30(17-13-19-8-2-1-3-9-19)25-28-21-11-4-5-12-22(21)32-25/h1-5,7-9,11-12,14-15,20H,6,10,13,16-18H2. The van der Waals surface area contributed by atoms with Crippen LogP contribution in [0.5, 0.6) is 0 Å². The number of hydrogen-bond donors (Lipinski definition) is 0. The lowest BCUT2D eigenvalue weighted by molar-refractivity contribution is -0.122. The molecule has 2 aromatic carbocycles. The van der Waals surface area contributed by atoms with Gasteiger partial charge in [0.1, 0.15) is 0 Å². The number of amides is 1. The number of para-hydroxylation sites is 1. The van der Waals surface area contributed by atoms with Gasteiger partial charge in [0, 0.05) is 32.0 Å². The molecule has 0 saturated carbocycles. The zero-order chi connectivity index (χ0) is 21.8. The third kappa shape index (κ3) is 4.48. The van der Waals surface area contributed by atoms with Gasteiger partial charge < -0.3 is 4.90 Å². The Morgan fingerprint density at radius 3 is 2.62 bits per heavy atom. The first-order valence-electron chi connectivity index (χ1n) is 11.0. The Morgan fingerprint density at radius 2 is 1.81 bits per heavy atom. The van der Waals surface area contributed by atoms with Gasteiger partial charge in [0.05, 0.1) is 16.1 Å². The molecule has 0 radical (unpaired) electrons. The number of nitrogens with zero attached hydrogens (tertiary/aromatic N) is 5. The number of hydrogen-bond acceptors (Lipinski definition) is 6. The molecule has 0 spiro atoms. The van der Waals surface area contributed by atoms with Crippen molar-refractivity contribution < 1.29 is 4.79 Å². The molecular formula is C25H25N5OS. The van der Waals surface area contributed by atoms with E-state index in [-0.39, 0.29) is 11.8 Å². The number of fused-ring (bicyclic) bond motifs is 1. The summed E-state index contributed by atoms with van der Waals surface area (Å²) in [5.41, 5.74) is 2.15. The summed E-state index contributed by atoms with van der Waals surface area (Å²) in [6.45, 7) is 2.12. The van der Waals surface area contributed by atoms with Gasteiger partial charge in [0.25, 0.3) is 0 Å². The van der Waals surface area contributed by atoms with Gasteiger partial charge in [-0.3, -0.25) is 9.69 Å². The van der Waals surface area contributed by atoms with Crippen molar-refractivity contribution in [3.63, 3.8) is 0 Å². The highest BCUT2D eigenvalue weighted by atomic mass is 32.1. The van der Waals surface area contributed by atoms with E-state index in [9.17, 15) is 4.79 Å². The third-order valence-corrected chi connectivity index (χ3v) is 6.91. The first-order valence-corrected chi connectivity index (χ1v) is 11.8.